The average molecular weight is 343 g/mol. The summed E-state index contributed by atoms with van der Waals surface area (Å²) in [6.45, 7) is 9.88. The van der Waals surface area contributed by atoms with Gasteiger partial charge in [-0.1, -0.05) is 12.1 Å². The van der Waals surface area contributed by atoms with E-state index in [9.17, 15) is 0 Å². The van der Waals surface area contributed by atoms with Gasteiger partial charge >= 0.3 is 0 Å². The van der Waals surface area contributed by atoms with Crippen molar-refractivity contribution in [2.45, 2.75) is 33.2 Å². The molecule has 0 aliphatic carbocycles. The van der Waals surface area contributed by atoms with Crippen LogP contribution in [0.4, 0.5) is 0 Å². The summed E-state index contributed by atoms with van der Waals surface area (Å²) in [4.78, 5) is 2.49. The largest absolute Gasteiger partial charge is 0.496 e. The zero-order valence-electron chi connectivity index (χ0n) is 15.6. The molecule has 1 aliphatic heterocycles. The molecule has 5 heteroatoms. The van der Waals surface area contributed by atoms with Crippen molar-refractivity contribution < 1.29 is 9.47 Å². The third-order valence-corrected chi connectivity index (χ3v) is 4.81. The molecule has 1 aromatic carbocycles. The van der Waals surface area contributed by atoms with Gasteiger partial charge in [-0.15, -0.1) is 0 Å². The summed E-state index contributed by atoms with van der Waals surface area (Å²) in [5.41, 5.74) is 4.79. The molecule has 1 aliphatic rings. The Kier molecular flexibility index (Phi) is 6.10. The molecule has 0 bridgehead atoms. The molecule has 2 heterocycles. The van der Waals surface area contributed by atoms with Crippen LogP contribution in [0.5, 0.6) is 5.75 Å². The first kappa shape index (κ1) is 18.0. The Morgan fingerprint density at radius 2 is 1.96 bits per heavy atom. The highest BCUT2D eigenvalue weighted by Gasteiger charge is 2.11. The van der Waals surface area contributed by atoms with Crippen LogP contribution in [0.2, 0.25) is 0 Å². The van der Waals surface area contributed by atoms with E-state index in [1.54, 1.807) is 7.11 Å². The fraction of sp³-hybridized carbons (Fsp3) is 0.550. The van der Waals surface area contributed by atoms with Crippen LogP contribution in [0.3, 0.4) is 0 Å². The number of rotatable bonds is 7. The van der Waals surface area contributed by atoms with E-state index in [0.29, 0.717) is 0 Å². The van der Waals surface area contributed by atoms with Crippen LogP contribution in [-0.4, -0.2) is 54.6 Å². The van der Waals surface area contributed by atoms with Crippen molar-refractivity contribution in [3.8, 4) is 5.75 Å². The highest BCUT2D eigenvalue weighted by atomic mass is 16.5. The van der Waals surface area contributed by atoms with Crippen LogP contribution in [-0.2, 0) is 17.7 Å². The monoisotopic (exact) mass is 343 g/mol. The van der Waals surface area contributed by atoms with Gasteiger partial charge in [0.25, 0.3) is 0 Å². The topological polar surface area (TPSA) is 39.5 Å². The van der Waals surface area contributed by atoms with Crippen LogP contribution >= 0.6 is 0 Å². The van der Waals surface area contributed by atoms with Crippen LogP contribution < -0.4 is 4.74 Å². The number of benzene rings is 1. The van der Waals surface area contributed by atoms with Gasteiger partial charge in [0.05, 0.1) is 32.6 Å². The molecule has 1 aromatic heterocycles. The minimum Gasteiger partial charge on any atom is -0.496 e. The first-order valence-corrected chi connectivity index (χ1v) is 9.12. The van der Waals surface area contributed by atoms with E-state index in [-0.39, 0.29) is 0 Å². The lowest BCUT2D eigenvalue weighted by Crippen LogP contribution is -2.36. The van der Waals surface area contributed by atoms with Crippen molar-refractivity contribution in [3.63, 3.8) is 0 Å². The minimum atomic E-state index is 0.750. The lowest BCUT2D eigenvalue weighted by molar-refractivity contribution is 0.0374. The highest BCUT2D eigenvalue weighted by molar-refractivity contribution is 5.37. The normalized spacial score (nSPS) is 15.5. The molecule has 25 heavy (non-hydrogen) atoms. The van der Waals surface area contributed by atoms with E-state index >= 15 is 0 Å². The van der Waals surface area contributed by atoms with Gasteiger partial charge in [0.2, 0.25) is 0 Å². The predicted octanol–water partition coefficient (Wildman–Crippen LogP) is 2.82. The second-order valence-electron chi connectivity index (χ2n) is 6.79. The zero-order valence-corrected chi connectivity index (χ0v) is 15.6. The van der Waals surface area contributed by atoms with Gasteiger partial charge in [0.1, 0.15) is 5.75 Å². The van der Waals surface area contributed by atoms with E-state index in [1.807, 2.05) is 11.6 Å². The predicted molar refractivity (Wildman–Crippen MR) is 99.4 cm³/mol. The van der Waals surface area contributed by atoms with E-state index in [4.69, 9.17) is 9.47 Å². The van der Waals surface area contributed by atoms with Gasteiger partial charge in [-0.3, -0.25) is 9.58 Å². The number of hydrogen-bond donors (Lipinski definition) is 0. The first-order valence-electron chi connectivity index (χ1n) is 9.12. The van der Waals surface area contributed by atoms with Gasteiger partial charge < -0.3 is 9.47 Å². The van der Waals surface area contributed by atoms with E-state index in [1.165, 1.54) is 23.2 Å². The van der Waals surface area contributed by atoms with Gasteiger partial charge in [-0.25, -0.2) is 0 Å². The van der Waals surface area contributed by atoms with Crippen molar-refractivity contribution in [1.82, 2.24) is 14.7 Å². The summed E-state index contributed by atoms with van der Waals surface area (Å²) >= 11 is 0. The van der Waals surface area contributed by atoms with Crippen LogP contribution in [0, 0.1) is 13.8 Å². The number of hydrogen-bond acceptors (Lipinski definition) is 4. The van der Waals surface area contributed by atoms with Gasteiger partial charge in [0.15, 0.2) is 0 Å². The van der Waals surface area contributed by atoms with Crippen molar-refractivity contribution in [2.24, 2.45) is 0 Å². The lowest BCUT2D eigenvalue weighted by Gasteiger charge is -2.26. The molecule has 0 amide bonds. The molecule has 2 aromatic rings. The summed E-state index contributed by atoms with van der Waals surface area (Å²) in [5.74, 6) is 0.935. The quantitative estimate of drug-likeness (QED) is 0.775. The second kappa shape index (κ2) is 8.50. The SMILES string of the molecule is COc1ccc(CCCN2CCOCC2)cc1Cn1nc(C)cc1C. The number of aromatic nitrogens is 2. The second-order valence-corrected chi connectivity index (χ2v) is 6.79. The van der Waals surface area contributed by atoms with Crippen molar-refractivity contribution in [2.75, 3.05) is 40.0 Å². The summed E-state index contributed by atoms with van der Waals surface area (Å²) in [6.07, 6.45) is 2.26. The van der Waals surface area contributed by atoms with Crippen LogP contribution in [0.25, 0.3) is 0 Å². The Balaban J connectivity index is 1.63. The average Bonchev–Trinajstić information content (AvgIpc) is 2.93. The van der Waals surface area contributed by atoms with Gasteiger partial charge in [-0.05, 0) is 50.9 Å². The van der Waals surface area contributed by atoms with Gasteiger partial charge in [0, 0.05) is 24.3 Å². The van der Waals surface area contributed by atoms with Gasteiger partial charge in [-0.2, -0.15) is 5.10 Å². The molecule has 0 atom stereocenters. The van der Waals surface area contributed by atoms with Crippen molar-refractivity contribution >= 4 is 0 Å². The number of nitrogens with zero attached hydrogens (tertiary/aromatic N) is 3. The molecule has 136 valence electrons. The van der Waals surface area contributed by atoms with Crippen molar-refractivity contribution in [1.29, 1.82) is 0 Å². The fourth-order valence-corrected chi connectivity index (χ4v) is 3.44. The molecule has 1 saturated heterocycles. The Bertz CT molecular complexity index is 690. The Labute approximate surface area is 150 Å². The molecule has 0 saturated carbocycles. The maximum absolute atomic E-state index is 5.56. The molecule has 5 nitrogen and oxygen atoms in total. The smallest absolute Gasteiger partial charge is 0.123 e. The maximum Gasteiger partial charge on any atom is 0.123 e. The molecule has 0 N–H and O–H groups in total. The highest BCUT2D eigenvalue weighted by Crippen LogP contribution is 2.22. The number of methoxy groups -OCH3 is 1. The number of aryl methyl sites for hydroxylation is 3. The molecule has 0 spiro atoms. The van der Waals surface area contributed by atoms with Crippen LogP contribution in [0.15, 0.2) is 24.3 Å². The summed E-state index contributed by atoms with van der Waals surface area (Å²) in [7, 11) is 1.73. The Morgan fingerprint density at radius 3 is 2.64 bits per heavy atom. The molecule has 0 unspecified atom stereocenters. The first-order chi connectivity index (χ1) is 12.2. The molecule has 1 fully saturated rings. The molecular formula is C20H29N3O2. The standard InChI is InChI=1S/C20H29N3O2/c1-16-13-17(2)23(21-16)15-19-14-18(6-7-20(19)24-3)5-4-8-22-9-11-25-12-10-22/h6-7,13-14H,4-5,8-12,15H2,1-3H3. The minimum absolute atomic E-state index is 0.750. The Morgan fingerprint density at radius 1 is 1.16 bits per heavy atom. The summed E-state index contributed by atoms with van der Waals surface area (Å²) < 4.78 is 13.0. The van der Waals surface area contributed by atoms with E-state index in [0.717, 1.165) is 57.3 Å². The number of ether oxygens (including phenoxy) is 2. The molecular weight excluding hydrogens is 314 g/mol. The van der Waals surface area contributed by atoms with Crippen LogP contribution in [0.1, 0.15) is 28.9 Å². The Hall–Kier alpha value is -1.85. The van der Waals surface area contributed by atoms with E-state index in [2.05, 4.69) is 41.2 Å². The summed E-state index contributed by atoms with van der Waals surface area (Å²) in [5, 5.41) is 4.58. The maximum atomic E-state index is 5.56. The third kappa shape index (κ3) is 4.83. The lowest BCUT2D eigenvalue weighted by atomic mass is 10.0. The number of morpholine rings is 1. The molecule has 0 radical (unpaired) electrons. The third-order valence-electron chi connectivity index (χ3n) is 4.81. The summed E-state index contributed by atoms with van der Waals surface area (Å²) in [6, 6.07) is 8.65. The van der Waals surface area contributed by atoms with Crippen molar-refractivity contribution in [3.05, 3.63) is 46.8 Å². The van der Waals surface area contributed by atoms with E-state index < -0.39 is 0 Å². The zero-order chi connectivity index (χ0) is 17.6. The molecule has 3 rings (SSSR count). The fourth-order valence-electron chi connectivity index (χ4n) is 3.44.